The van der Waals surface area contributed by atoms with E-state index < -0.39 is 5.91 Å². The molecule has 5 nitrogen and oxygen atoms in total. The molecule has 2 aromatic carbocycles. The van der Waals surface area contributed by atoms with Gasteiger partial charge >= 0.3 is 0 Å². The topological polar surface area (TPSA) is 63.5 Å². The molecule has 0 atom stereocenters. The van der Waals surface area contributed by atoms with Gasteiger partial charge in [0.1, 0.15) is 11.2 Å². The molecule has 0 unspecified atom stereocenters. The van der Waals surface area contributed by atoms with Crippen molar-refractivity contribution in [3.63, 3.8) is 0 Å². The van der Waals surface area contributed by atoms with E-state index >= 15 is 0 Å². The maximum absolute atomic E-state index is 12.6. The summed E-state index contributed by atoms with van der Waals surface area (Å²) in [4.78, 5) is 29.3. The van der Waals surface area contributed by atoms with E-state index in [2.05, 4.69) is 10.3 Å². The van der Waals surface area contributed by atoms with Crippen molar-refractivity contribution in [1.29, 1.82) is 0 Å². The maximum Gasteiger partial charge on any atom is 0.270 e. The van der Waals surface area contributed by atoms with E-state index in [1.807, 2.05) is 55.5 Å². The van der Waals surface area contributed by atoms with Crippen molar-refractivity contribution < 1.29 is 4.79 Å². The van der Waals surface area contributed by atoms with E-state index in [9.17, 15) is 9.59 Å². The molecule has 5 heteroatoms. The van der Waals surface area contributed by atoms with Crippen LogP contribution in [0.4, 0.5) is 0 Å². The van der Waals surface area contributed by atoms with Crippen molar-refractivity contribution in [2.75, 3.05) is 0 Å². The number of aromatic nitrogens is 2. The number of fused-ring (bicyclic) bond motifs is 2. The molecule has 0 aliphatic carbocycles. The molecule has 1 N–H and O–H groups in total. The van der Waals surface area contributed by atoms with Crippen LogP contribution in [-0.4, -0.2) is 15.3 Å². The summed E-state index contributed by atoms with van der Waals surface area (Å²) in [6.07, 6.45) is 2.97. The van der Waals surface area contributed by atoms with Gasteiger partial charge in [0.25, 0.3) is 11.5 Å². The highest BCUT2D eigenvalue weighted by atomic mass is 16.2. The van der Waals surface area contributed by atoms with Gasteiger partial charge in [0.05, 0.1) is 0 Å². The summed E-state index contributed by atoms with van der Waals surface area (Å²) in [7, 11) is 0. The molecule has 0 aliphatic rings. The van der Waals surface area contributed by atoms with Crippen LogP contribution in [-0.2, 0) is 6.54 Å². The second kappa shape index (κ2) is 6.44. The van der Waals surface area contributed by atoms with Crippen LogP contribution in [0, 0.1) is 6.92 Å². The zero-order chi connectivity index (χ0) is 18.1. The fourth-order valence-corrected chi connectivity index (χ4v) is 3.03. The number of hydrogen-bond acceptors (Lipinski definition) is 3. The van der Waals surface area contributed by atoms with E-state index in [0.29, 0.717) is 12.2 Å². The second-order valence-corrected chi connectivity index (χ2v) is 6.23. The first-order chi connectivity index (χ1) is 12.6. The number of nitrogens with one attached hydrogen (secondary N) is 1. The van der Waals surface area contributed by atoms with Crippen molar-refractivity contribution in [3.8, 4) is 0 Å². The van der Waals surface area contributed by atoms with E-state index in [-0.39, 0.29) is 11.1 Å². The Hall–Kier alpha value is -3.47. The fourth-order valence-electron chi connectivity index (χ4n) is 3.03. The quantitative estimate of drug-likeness (QED) is 0.622. The molecule has 0 spiro atoms. The Morgan fingerprint density at radius 1 is 1.08 bits per heavy atom. The molecule has 128 valence electrons. The van der Waals surface area contributed by atoms with E-state index in [4.69, 9.17) is 0 Å². The first kappa shape index (κ1) is 16.0. The van der Waals surface area contributed by atoms with Gasteiger partial charge in [-0.05, 0) is 41.0 Å². The number of carbonyl (C=O) groups is 1. The Kier molecular flexibility index (Phi) is 3.97. The van der Waals surface area contributed by atoms with Gasteiger partial charge in [0.15, 0.2) is 0 Å². The lowest BCUT2D eigenvalue weighted by atomic mass is 10.1. The van der Waals surface area contributed by atoms with Gasteiger partial charge in [0.2, 0.25) is 0 Å². The molecule has 1 amide bonds. The van der Waals surface area contributed by atoms with E-state index in [1.54, 1.807) is 12.3 Å². The average molecular weight is 343 g/mol. The summed E-state index contributed by atoms with van der Waals surface area (Å²) in [6, 6.07) is 17.7. The summed E-state index contributed by atoms with van der Waals surface area (Å²) in [6.45, 7) is 2.22. The van der Waals surface area contributed by atoms with Crippen molar-refractivity contribution in [2.45, 2.75) is 13.5 Å². The van der Waals surface area contributed by atoms with Crippen molar-refractivity contribution in [1.82, 2.24) is 14.7 Å². The zero-order valence-corrected chi connectivity index (χ0v) is 14.3. The predicted molar refractivity (Wildman–Crippen MR) is 101 cm³/mol. The number of aryl methyl sites for hydroxylation is 1. The second-order valence-electron chi connectivity index (χ2n) is 6.23. The SMILES string of the molecule is Cc1cccn2c(=O)c(C(=O)NCc3ccc4ccccc4c3)cnc12. The lowest BCUT2D eigenvalue weighted by Gasteiger charge is -2.08. The maximum atomic E-state index is 12.6. The van der Waals surface area contributed by atoms with Gasteiger partial charge in [-0.1, -0.05) is 42.5 Å². The van der Waals surface area contributed by atoms with Gasteiger partial charge in [-0.2, -0.15) is 0 Å². The van der Waals surface area contributed by atoms with Crippen LogP contribution in [0.3, 0.4) is 0 Å². The Labute approximate surface area is 149 Å². The van der Waals surface area contributed by atoms with Crippen molar-refractivity contribution in [2.24, 2.45) is 0 Å². The van der Waals surface area contributed by atoms with Gasteiger partial charge in [-0.25, -0.2) is 4.98 Å². The van der Waals surface area contributed by atoms with Crippen LogP contribution < -0.4 is 10.9 Å². The van der Waals surface area contributed by atoms with Crippen LogP contribution in [0.1, 0.15) is 21.5 Å². The minimum atomic E-state index is -0.424. The molecule has 0 aliphatic heterocycles. The highest BCUT2D eigenvalue weighted by molar-refractivity contribution is 5.93. The summed E-state index contributed by atoms with van der Waals surface area (Å²) in [5.74, 6) is -0.424. The average Bonchev–Trinajstić information content (AvgIpc) is 2.67. The summed E-state index contributed by atoms with van der Waals surface area (Å²) < 4.78 is 1.40. The monoisotopic (exact) mass is 343 g/mol. The fraction of sp³-hybridized carbons (Fsp3) is 0.0952. The number of pyridine rings is 1. The van der Waals surface area contributed by atoms with Gasteiger partial charge in [0, 0.05) is 18.9 Å². The number of nitrogens with zero attached hydrogens (tertiary/aromatic N) is 2. The number of amides is 1. The molecule has 0 saturated carbocycles. The molecular weight excluding hydrogens is 326 g/mol. The minimum absolute atomic E-state index is 0.0360. The standard InChI is InChI=1S/C21H17N3O2/c1-14-5-4-10-24-19(14)22-13-18(21(24)26)20(25)23-12-15-8-9-16-6-2-3-7-17(16)11-15/h2-11,13H,12H2,1H3,(H,23,25). The van der Waals surface area contributed by atoms with Crippen LogP contribution in [0.15, 0.2) is 71.8 Å². The predicted octanol–water partition coefficient (Wildman–Crippen LogP) is 3.09. The Morgan fingerprint density at radius 2 is 1.88 bits per heavy atom. The molecule has 4 aromatic rings. The Bertz CT molecular complexity index is 1190. The van der Waals surface area contributed by atoms with Crippen LogP contribution >= 0.6 is 0 Å². The molecule has 26 heavy (non-hydrogen) atoms. The molecule has 2 aromatic heterocycles. The summed E-state index contributed by atoms with van der Waals surface area (Å²) >= 11 is 0. The number of hydrogen-bond donors (Lipinski definition) is 1. The number of rotatable bonds is 3. The molecular formula is C21H17N3O2. The van der Waals surface area contributed by atoms with Gasteiger partial charge in [-0.3, -0.25) is 14.0 Å². The molecule has 0 saturated heterocycles. The van der Waals surface area contributed by atoms with Crippen LogP contribution in [0.25, 0.3) is 16.4 Å². The third kappa shape index (κ3) is 2.84. The lowest BCUT2D eigenvalue weighted by Crippen LogP contribution is -2.31. The molecule has 2 heterocycles. The Morgan fingerprint density at radius 3 is 2.73 bits per heavy atom. The molecule has 0 radical (unpaired) electrons. The van der Waals surface area contributed by atoms with E-state index in [1.165, 1.54) is 10.6 Å². The Balaban J connectivity index is 1.59. The summed E-state index contributed by atoms with van der Waals surface area (Å²) in [5.41, 5.74) is 2.08. The van der Waals surface area contributed by atoms with Crippen LogP contribution in [0.5, 0.6) is 0 Å². The van der Waals surface area contributed by atoms with E-state index in [0.717, 1.165) is 21.9 Å². The third-order valence-corrected chi connectivity index (χ3v) is 4.44. The molecule has 0 bridgehead atoms. The highest BCUT2D eigenvalue weighted by Gasteiger charge is 2.13. The molecule has 4 rings (SSSR count). The molecule has 0 fully saturated rings. The lowest BCUT2D eigenvalue weighted by molar-refractivity contribution is 0.0949. The largest absolute Gasteiger partial charge is 0.348 e. The zero-order valence-electron chi connectivity index (χ0n) is 14.3. The third-order valence-electron chi connectivity index (χ3n) is 4.44. The highest BCUT2D eigenvalue weighted by Crippen LogP contribution is 2.15. The first-order valence-electron chi connectivity index (χ1n) is 8.36. The van der Waals surface area contributed by atoms with Gasteiger partial charge < -0.3 is 5.32 Å². The van der Waals surface area contributed by atoms with Crippen LogP contribution in [0.2, 0.25) is 0 Å². The summed E-state index contributed by atoms with van der Waals surface area (Å²) in [5, 5.41) is 5.07. The van der Waals surface area contributed by atoms with Crippen molar-refractivity contribution in [3.05, 3.63) is 94.0 Å². The van der Waals surface area contributed by atoms with Gasteiger partial charge in [-0.15, -0.1) is 0 Å². The normalized spacial score (nSPS) is 11.0. The minimum Gasteiger partial charge on any atom is -0.348 e. The smallest absolute Gasteiger partial charge is 0.270 e. The first-order valence-corrected chi connectivity index (χ1v) is 8.36. The number of carbonyl (C=O) groups excluding carboxylic acids is 1. The number of benzene rings is 2. The van der Waals surface area contributed by atoms with Crippen molar-refractivity contribution >= 4 is 22.3 Å².